The lowest BCUT2D eigenvalue weighted by Gasteiger charge is -2.06. The summed E-state index contributed by atoms with van der Waals surface area (Å²) < 4.78 is 1.59. The first-order valence-electron chi connectivity index (χ1n) is 5.80. The van der Waals surface area contributed by atoms with Gasteiger partial charge in [0.25, 0.3) is 0 Å². The van der Waals surface area contributed by atoms with E-state index < -0.39 is 0 Å². The lowest BCUT2D eigenvalue weighted by molar-refractivity contribution is -0.122. The van der Waals surface area contributed by atoms with Gasteiger partial charge in [0, 0.05) is 25.5 Å². The smallest absolute Gasteiger partial charge is 0.241 e. The highest BCUT2D eigenvalue weighted by atomic mass is 16.2. The van der Waals surface area contributed by atoms with E-state index in [-0.39, 0.29) is 12.5 Å². The van der Waals surface area contributed by atoms with Gasteiger partial charge in [-0.15, -0.1) is 0 Å². The molecule has 0 fully saturated rings. The van der Waals surface area contributed by atoms with Gasteiger partial charge in [0.1, 0.15) is 6.54 Å². The SMILES string of the molecule is NCc1ccc(CNC(=O)Cn2cccn2)cc1. The van der Waals surface area contributed by atoms with Crippen LogP contribution in [-0.4, -0.2) is 15.7 Å². The number of aromatic nitrogens is 2. The average molecular weight is 244 g/mol. The fraction of sp³-hybridized carbons (Fsp3) is 0.231. The van der Waals surface area contributed by atoms with Gasteiger partial charge in [0.15, 0.2) is 0 Å². The van der Waals surface area contributed by atoms with Gasteiger partial charge in [0.2, 0.25) is 5.91 Å². The van der Waals surface area contributed by atoms with Crippen LogP contribution in [0.4, 0.5) is 0 Å². The first-order valence-corrected chi connectivity index (χ1v) is 5.80. The van der Waals surface area contributed by atoms with Crippen LogP contribution in [0.3, 0.4) is 0 Å². The molecule has 0 aliphatic carbocycles. The van der Waals surface area contributed by atoms with Crippen molar-refractivity contribution in [2.45, 2.75) is 19.6 Å². The van der Waals surface area contributed by atoms with E-state index >= 15 is 0 Å². The lowest BCUT2D eigenvalue weighted by Crippen LogP contribution is -2.27. The number of hydrogen-bond acceptors (Lipinski definition) is 3. The Balaban J connectivity index is 1.81. The Kier molecular flexibility index (Phi) is 4.09. The van der Waals surface area contributed by atoms with Gasteiger partial charge in [-0.2, -0.15) is 5.10 Å². The Bertz CT molecular complexity index is 490. The fourth-order valence-corrected chi connectivity index (χ4v) is 1.59. The molecule has 18 heavy (non-hydrogen) atoms. The van der Waals surface area contributed by atoms with Gasteiger partial charge in [-0.3, -0.25) is 9.48 Å². The summed E-state index contributed by atoms with van der Waals surface area (Å²) in [6.45, 7) is 1.30. The molecule has 1 amide bonds. The standard InChI is InChI=1S/C13H16N4O/c14-8-11-2-4-12(5-3-11)9-15-13(18)10-17-7-1-6-16-17/h1-7H,8-10,14H2,(H,15,18). The Morgan fingerprint density at radius 2 is 2.00 bits per heavy atom. The summed E-state index contributed by atoms with van der Waals surface area (Å²) in [6.07, 6.45) is 3.41. The molecule has 0 aliphatic rings. The van der Waals surface area contributed by atoms with Crippen molar-refractivity contribution in [1.29, 1.82) is 0 Å². The van der Waals surface area contributed by atoms with E-state index in [1.165, 1.54) is 0 Å². The second-order valence-electron chi connectivity index (χ2n) is 4.00. The van der Waals surface area contributed by atoms with Gasteiger partial charge in [-0.25, -0.2) is 0 Å². The summed E-state index contributed by atoms with van der Waals surface area (Å²) >= 11 is 0. The molecular formula is C13H16N4O. The highest BCUT2D eigenvalue weighted by molar-refractivity contribution is 5.75. The molecule has 2 aromatic rings. The van der Waals surface area contributed by atoms with Crippen molar-refractivity contribution in [1.82, 2.24) is 15.1 Å². The summed E-state index contributed by atoms with van der Waals surface area (Å²) in [5.74, 6) is -0.0541. The molecule has 1 heterocycles. The molecule has 0 unspecified atom stereocenters. The number of nitrogens with two attached hydrogens (primary N) is 1. The average Bonchev–Trinajstić information content (AvgIpc) is 2.90. The molecule has 2 rings (SSSR count). The van der Waals surface area contributed by atoms with Crippen LogP contribution in [0, 0.1) is 0 Å². The van der Waals surface area contributed by atoms with Crippen LogP contribution >= 0.6 is 0 Å². The minimum atomic E-state index is -0.0541. The van der Waals surface area contributed by atoms with Crippen LogP contribution in [-0.2, 0) is 24.4 Å². The number of carbonyl (C=O) groups excluding carboxylic acids is 1. The number of benzene rings is 1. The van der Waals surface area contributed by atoms with Crippen molar-refractivity contribution in [3.8, 4) is 0 Å². The third-order valence-electron chi connectivity index (χ3n) is 2.61. The van der Waals surface area contributed by atoms with Gasteiger partial charge in [-0.1, -0.05) is 24.3 Å². The van der Waals surface area contributed by atoms with E-state index in [4.69, 9.17) is 5.73 Å². The zero-order chi connectivity index (χ0) is 12.8. The highest BCUT2D eigenvalue weighted by Crippen LogP contribution is 2.03. The topological polar surface area (TPSA) is 72.9 Å². The first kappa shape index (κ1) is 12.3. The molecule has 0 atom stereocenters. The first-order chi connectivity index (χ1) is 8.78. The molecule has 0 radical (unpaired) electrons. The Morgan fingerprint density at radius 3 is 2.61 bits per heavy atom. The number of carbonyl (C=O) groups is 1. The van der Waals surface area contributed by atoms with Crippen molar-refractivity contribution >= 4 is 5.91 Å². The third-order valence-corrected chi connectivity index (χ3v) is 2.61. The second-order valence-corrected chi connectivity index (χ2v) is 4.00. The molecule has 0 aliphatic heterocycles. The molecule has 0 saturated carbocycles. The minimum Gasteiger partial charge on any atom is -0.350 e. The van der Waals surface area contributed by atoms with E-state index in [2.05, 4.69) is 10.4 Å². The maximum Gasteiger partial charge on any atom is 0.241 e. The van der Waals surface area contributed by atoms with Gasteiger partial charge >= 0.3 is 0 Å². The third kappa shape index (κ3) is 3.43. The predicted octanol–water partition coefficient (Wildman–Crippen LogP) is 0.658. The van der Waals surface area contributed by atoms with Crippen LogP contribution < -0.4 is 11.1 Å². The maximum atomic E-state index is 11.6. The molecule has 1 aromatic heterocycles. The highest BCUT2D eigenvalue weighted by Gasteiger charge is 2.02. The van der Waals surface area contributed by atoms with Crippen molar-refractivity contribution in [2.24, 2.45) is 5.73 Å². The summed E-state index contributed by atoms with van der Waals surface area (Å²) in [7, 11) is 0. The van der Waals surface area contributed by atoms with E-state index in [0.717, 1.165) is 11.1 Å². The number of hydrogen-bond donors (Lipinski definition) is 2. The van der Waals surface area contributed by atoms with Crippen molar-refractivity contribution < 1.29 is 4.79 Å². The Labute approximate surface area is 106 Å². The van der Waals surface area contributed by atoms with E-state index in [1.54, 1.807) is 23.1 Å². The van der Waals surface area contributed by atoms with E-state index in [9.17, 15) is 4.79 Å². The van der Waals surface area contributed by atoms with Gasteiger partial charge in [-0.05, 0) is 17.2 Å². The summed E-state index contributed by atoms with van der Waals surface area (Å²) in [5, 5.41) is 6.82. The summed E-state index contributed by atoms with van der Waals surface area (Å²) in [4.78, 5) is 11.6. The van der Waals surface area contributed by atoms with Gasteiger partial charge < -0.3 is 11.1 Å². The molecule has 94 valence electrons. The van der Waals surface area contributed by atoms with Crippen molar-refractivity contribution in [2.75, 3.05) is 0 Å². The minimum absolute atomic E-state index is 0.0541. The van der Waals surface area contributed by atoms with Crippen LogP contribution in [0.5, 0.6) is 0 Å². The maximum absolute atomic E-state index is 11.6. The van der Waals surface area contributed by atoms with Crippen molar-refractivity contribution in [3.05, 3.63) is 53.9 Å². The molecule has 0 saturated heterocycles. The van der Waals surface area contributed by atoms with Crippen molar-refractivity contribution in [3.63, 3.8) is 0 Å². The number of nitrogens with one attached hydrogen (secondary N) is 1. The van der Waals surface area contributed by atoms with E-state index in [0.29, 0.717) is 13.1 Å². The molecule has 3 N–H and O–H groups in total. The zero-order valence-electron chi connectivity index (χ0n) is 10.0. The molecule has 1 aromatic carbocycles. The fourth-order valence-electron chi connectivity index (χ4n) is 1.59. The van der Waals surface area contributed by atoms with Crippen LogP contribution in [0.15, 0.2) is 42.7 Å². The molecule has 0 bridgehead atoms. The number of nitrogens with zero attached hydrogens (tertiary/aromatic N) is 2. The quantitative estimate of drug-likeness (QED) is 0.811. The normalized spacial score (nSPS) is 10.3. The van der Waals surface area contributed by atoms with E-state index in [1.807, 2.05) is 24.3 Å². The molecule has 5 heteroatoms. The largest absolute Gasteiger partial charge is 0.350 e. The van der Waals surface area contributed by atoms with Gasteiger partial charge in [0.05, 0.1) is 0 Å². The Hall–Kier alpha value is -2.14. The number of rotatable bonds is 5. The predicted molar refractivity (Wildman–Crippen MR) is 68.4 cm³/mol. The summed E-state index contributed by atoms with van der Waals surface area (Å²) in [6, 6.07) is 9.66. The van der Waals surface area contributed by atoms with Crippen LogP contribution in [0.1, 0.15) is 11.1 Å². The Morgan fingerprint density at radius 1 is 1.28 bits per heavy atom. The molecule has 5 nitrogen and oxygen atoms in total. The summed E-state index contributed by atoms with van der Waals surface area (Å²) in [5.41, 5.74) is 7.66. The number of amides is 1. The molecular weight excluding hydrogens is 228 g/mol. The monoisotopic (exact) mass is 244 g/mol. The molecule has 0 spiro atoms. The zero-order valence-corrected chi connectivity index (χ0v) is 10.0. The van der Waals surface area contributed by atoms with Crippen LogP contribution in [0.25, 0.3) is 0 Å². The van der Waals surface area contributed by atoms with Crippen LogP contribution in [0.2, 0.25) is 0 Å². The lowest BCUT2D eigenvalue weighted by atomic mass is 10.1. The second kappa shape index (κ2) is 5.97.